The summed E-state index contributed by atoms with van der Waals surface area (Å²) in [6, 6.07) is 36.9. The number of carbonyl (C=O) groups excluding carboxylic acids is 2. The van der Waals surface area contributed by atoms with E-state index in [1.54, 1.807) is 55.5 Å². The summed E-state index contributed by atoms with van der Waals surface area (Å²) in [7, 11) is -15.6. The lowest BCUT2D eigenvalue weighted by Gasteiger charge is -2.34. The molecule has 0 fully saturated rings. The molecule has 3 aliphatic carbocycles. The molecule has 10 rings (SSSR count). The first-order chi connectivity index (χ1) is 57.9. The minimum Gasteiger partial charge on any atom is -0.756 e. The van der Waals surface area contributed by atoms with E-state index in [1.165, 1.54) is 169 Å². The number of aromatic nitrogens is 1. The topological polar surface area (TPSA) is 489 Å². The normalized spacial score (nSPS) is 20.1. The van der Waals surface area contributed by atoms with Crippen LogP contribution in [0.3, 0.4) is 0 Å². The van der Waals surface area contributed by atoms with E-state index in [0.717, 1.165) is 61.0 Å². The molecule has 0 amide bonds. The Balaban J connectivity index is 0.000000237. The van der Waals surface area contributed by atoms with Crippen molar-refractivity contribution in [1.29, 1.82) is 0 Å². The molecular formula is C86H109BrClNO28P3S2-3. The summed E-state index contributed by atoms with van der Waals surface area (Å²) < 4.78 is 68.6. The molecule has 12 atom stereocenters. The third kappa shape index (κ3) is 38.8. The maximum atomic E-state index is 11.8. The van der Waals surface area contributed by atoms with Crippen LogP contribution in [0.25, 0.3) is 21.9 Å². The number of aliphatic carboxylic acids is 3. The number of halogens is 2. The summed E-state index contributed by atoms with van der Waals surface area (Å²) in [5.74, 6) is -1.56. The Morgan fingerprint density at radius 2 is 0.877 bits per heavy atom. The van der Waals surface area contributed by atoms with Gasteiger partial charge in [0.2, 0.25) is 0 Å². The average Bonchev–Trinajstić information content (AvgIpc) is 1.56. The van der Waals surface area contributed by atoms with Crippen molar-refractivity contribution in [3.05, 3.63) is 205 Å². The minimum atomic E-state index is -5.23. The number of carbonyl (C=O) groups is 5. The number of nitrogens with one attached hydrogen (secondary N) is 1. The van der Waals surface area contributed by atoms with E-state index in [9.17, 15) is 82.7 Å². The highest BCUT2D eigenvalue weighted by molar-refractivity contribution is 9.10. The third-order valence-electron chi connectivity index (χ3n) is 19.5. The Kier molecular flexibility index (Phi) is 45.4. The van der Waals surface area contributed by atoms with Crippen molar-refractivity contribution in [3.63, 3.8) is 0 Å². The SMILES string of the molecule is CCCCCCCCCCCC(=O)SCc1ccccc1.CCCCCCCCCCCCCC(=O)SCc1ccccc1.Cc1cc2ccc(OC3CC(C(=O)O)=CC(OP(=O)([O-])O)C3O)cc2oc1=O.Cc1ccc(OC2CC(C(=O)O)=CC(OP(=O)([O-])O)C2O)cc1.O=C(O)C1=CC(OP(=O)([O-])O)C(O)C(Oc2c[nH]c3ccc(Br)c(Cl)c23)C1. The van der Waals surface area contributed by atoms with E-state index >= 15 is 0 Å². The molecule has 0 spiro atoms. The second-order valence-electron chi connectivity index (χ2n) is 29.5. The number of phosphoric acid groups is 3. The summed E-state index contributed by atoms with van der Waals surface area (Å²) >= 11 is 12.5. The Labute approximate surface area is 731 Å². The number of H-pyrrole nitrogens is 1. The van der Waals surface area contributed by atoms with Gasteiger partial charge in [0, 0.05) is 88.0 Å². The van der Waals surface area contributed by atoms with Gasteiger partial charge in [0.25, 0.3) is 23.5 Å². The van der Waals surface area contributed by atoms with Crippen LogP contribution < -0.4 is 34.5 Å². The van der Waals surface area contributed by atoms with Crippen LogP contribution in [-0.4, -0.2) is 133 Å². The highest BCUT2D eigenvalue weighted by Gasteiger charge is 2.41. The van der Waals surface area contributed by atoms with Gasteiger partial charge in [-0.15, -0.1) is 0 Å². The second kappa shape index (κ2) is 53.4. The molecular weight excluding hydrogens is 1770 g/mol. The average molecular weight is 1880 g/mol. The summed E-state index contributed by atoms with van der Waals surface area (Å²) in [5, 5.41) is 60.5. The summed E-state index contributed by atoms with van der Waals surface area (Å²) in [5.41, 5.74) is 3.57. The molecule has 0 aliphatic heterocycles. The van der Waals surface area contributed by atoms with Crippen molar-refractivity contribution >= 4 is 125 Å². The number of rotatable bonds is 41. The molecule has 0 radical (unpaired) electrons. The van der Waals surface area contributed by atoms with E-state index in [-0.39, 0.29) is 53.1 Å². The van der Waals surface area contributed by atoms with E-state index in [0.29, 0.717) is 47.3 Å². The standard InChI is InChI=1S/C21H34OS.C19H30OS.C17H17O10P.C15H14BrClNO8P.C14H17O8P/c1-2-3-4-5-6-7-8-9-10-11-15-18-21(22)23-19-20-16-13-12-14-17-20;1-2-3-4-5-6-7-8-9-13-16-19(20)21-17-18-14-11-10-12-15-18;1-8-4-9-2-3-11(7-12(9)26-17(8)21)25-13-5-10(16(19)20)6-14(15(13)18)27-28(22,23)24;16-7-1-2-8-12(13(7)17)11(5-18-8)25-9-3-6(15(20)21)4-10(14(9)19)26-27(22,23)24;1-8-2-4-10(5-3-8)21-11-6-9(14(16)17)7-12(13(11)15)22-23(18,19)20/h12-14,16-17H,2-11,15,18-19H2,1H3;10-12,14-15H,2-9,13,16-17H2,1H3;2-4,6-7,13-15,18H,5H2,1H3,(H,19,20)(H2,22,23,24);1-2,4-5,9-10,14,18-19H,3H2,(H,20,21)(H2,22,23,24);2-5,7,11-13,15H,6H2,1H3,(H,16,17)(H2,18,19,20)/p-3. The number of aliphatic hydroxyl groups is 3. The highest BCUT2D eigenvalue weighted by Crippen LogP contribution is 2.43. The number of phosphoric ester groups is 3. The number of benzene rings is 5. The molecule has 0 saturated heterocycles. The Morgan fingerprint density at radius 1 is 0.508 bits per heavy atom. The van der Waals surface area contributed by atoms with Crippen molar-refractivity contribution in [2.24, 2.45) is 0 Å². The summed E-state index contributed by atoms with van der Waals surface area (Å²) in [6.45, 7) is 8.00. The van der Waals surface area contributed by atoms with Gasteiger partial charge >= 0.3 is 23.5 Å². The molecule has 3 aliphatic rings. The van der Waals surface area contributed by atoms with Crippen LogP contribution >= 0.6 is 74.5 Å². The molecule has 122 heavy (non-hydrogen) atoms. The molecule has 670 valence electrons. The van der Waals surface area contributed by atoms with Gasteiger partial charge in [0.1, 0.15) is 77.8 Å². The maximum absolute atomic E-state index is 11.8. The van der Waals surface area contributed by atoms with Gasteiger partial charge in [-0.1, -0.05) is 243 Å². The monoisotopic (exact) mass is 1870 g/mol. The van der Waals surface area contributed by atoms with Crippen LogP contribution in [0.2, 0.25) is 5.02 Å². The van der Waals surface area contributed by atoms with E-state index in [1.807, 2.05) is 43.3 Å². The minimum absolute atomic E-state index is 0.140. The van der Waals surface area contributed by atoms with Crippen molar-refractivity contribution in [1.82, 2.24) is 4.98 Å². The number of aromatic amines is 1. The number of hydrogen-bond acceptors (Lipinski definition) is 24. The fourth-order valence-electron chi connectivity index (χ4n) is 13.0. The van der Waals surface area contributed by atoms with Crippen LogP contribution in [-0.2, 0) is 62.7 Å². The van der Waals surface area contributed by atoms with E-state index < -0.39 is 102 Å². The molecule has 0 bridgehead atoms. The fourth-order valence-corrected chi connectivity index (χ4v) is 16.7. The quantitative estimate of drug-likeness (QED) is 0.00966. The largest absolute Gasteiger partial charge is 0.756 e. The van der Waals surface area contributed by atoms with Crippen molar-refractivity contribution < 1.29 is 130 Å². The van der Waals surface area contributed by atoms with Crippen molar-refractivity contribution in [2.45, 2.75) is 255 Å². The van der Waals surface area contributed by atoms with Gasteiger partial charge in [-0.2, -0.15) is 0 Å². The fraction of sp³-hybridized carbons (Fsp3) is 0.465. The van der Waals surface area contributed by atoms with Gasteiger partial charge in [-0.05, 0) is 114 Å². The first-order valence-electron chi connectivity index (χ1n) is 40.4. The second-order valence-corrected chi connectivity index (χ2v) is 36.2. The van der Waals surface area contributed by atoms with Gasteiger partial charge in [-0.3, -0.25) is 23.3 Å². The van der Waals surface area contributed by atoms with Gasteiger partial charge in [0.05, 0.1) is 15.9 Å². The molecule has 7 aromatic rings. The number of unbranched alkanes of at least 4 members (excludes halogenated alkanes) is 18. The van der Waals surface area contributed by atoms with Crippen molar-refractivity contribution in [2.75, 3.05) is 0 Å². The van der Waals surface area contributed by atoms with Crippen LogP contribution in [0.1, 0.15) is 197 Å². The number of aliphatic hydroxyl groups excluding tert-OH is 3. The smallest absolute Gasteiger partial charge is 0.339 e. The Morgan fingerprint density at radius 3 is 1.26 bits per heavy atom. The maximum Gasteiger partial charge on any atom is 0.339 e. The van der Waals surface area contributed by atoms with Crippen molar-refractivity contribution in [3.8, 4) is 17.2 Å². The third-order valence-corrected chi connectivity index (χ3v) is 24.3. The summed E-state index contributed by atoms with van der Waals surface area (Å²) in [4.78, 5) is 131. The van der Waals surface area contributed by atoms with Crippen LogP contribution in [0.4, 0.5) is 0 Å². The molecule has 2 aromatic heterocycles. The molecule has 10 N–H and O–H groups in total. The van der Waals surface area contributed by atoms with Crippen LogP contribution in [0.5, 0.6) is 17.2 Å². The highest BCUT2D eigenvalue weighted by atomic mass is 79.9. The van der Waals surface area contributed by atoms with Gasteiger partial charge in [0.15, 0.2) is 10.2 Å². The van der Waals surface area contributed by atoms with E-state index in [4.69, 9.17) is 50.0 Å². The van der Waals surface area contributed by atoms with E-state index in [2.05, 4.69) is 72.6 Å². The first kappa shape index (κ1) is 104. The zero-order valence-electron chi connectivity index (χ0n) is 68.3. The zero-order chi connectivity index (χ0) is 89.5. The molecule has 0 saturated carbocycles. The summed E-state index contributed by atoms with van der Waals surface area (Å²) in [6.07, 6.45) is 18.8. The molecule has 36 heteroatoms. The predicted molar refractivity (Wildman–Crippen MR) is 464 cm³/mol. The molecule has 5 aromatic carbocycles. The first-order valence-corrected chi connectivity index (χ1v) is 48.0. The zero-order valence-corrected chi connectivity index (χ0v) is 75.0. The Bertz CT molecular complexity index is 4770. The molecule has 12 unspecified atom stereocenters. The number of carboxylic acid groups (broad SMARTS) is 3. The molecule has 2 heterocycles. The number of hydrogen-bond donors (Lipinski definition) is 10. The van der Waals surface area contributed by atoms with Gasteiger partial charge in [-0.25, -0.2) is 19.2 Å². The van der Waals surface area contributed by atoms with Crippen LogP contribution in [0, 0.1) is 13.8 Å². The number of aryl methyl sites for hydroxylation is 2. The lowest BCUT2D eigenvalue weighted by Crippen LogP contribution is -2.45. The van der Waals surface area contributed by atoms with Crippen LogP contribution in [0.15, 0.2) is 176 Å². The number of fused-ring (bicyclic) bond motifs is 2. The number of thioether (sulfide) groups is 2. The lowest BCUT2D eigenvalue weighted by atomic mass is 9.92. The number of carboxylic acids is 3. The predicted octanol–water partition coefficient (Wildman–Crippen LogP) is 16.3. The Hall–Kier alpha value is -7.10. The van der Waals surface area contributed by atoms with Gasteiger partial charge < -0.3 is 97.2 Å². The lowest BCUT2D eigenvalue weighted by molar-refractivity contribution is -0.228. The number of ether oxygens (including phenoxy) is 3. The molecule has 29 nitrogen and oxygen atoms in total.